The van der Waals surface area contributed by atoms with Crippen molar-refractivity contribution < 1.29 is 19.7 Å². The van der Waals surface area contributed by atoms with E-state index in [9.17, 15) is 10.2 Å². The first-order chi connectivity index (χ1) is 22.0. The maximum atomic E-state index is 9.65. The molecule has 0 aliphatic rings. The number of anilines is 2. The fourth-order valence-electron chi connectivity index (χ4n) is 6.01. The number of ether oxygens (including phenoxy) is 2. The summed E-state index contributed by atoms with van der Waals surface area (Å²) in [5, 5.41) is 18.9. The van der Waals surface area contributed by atoms with Gasteiger partial charge < -0.3 is 29.5 Å². The number of phenols is 1. The third-order valence-corrected chi connectivity index (χ3v) is 8.54. The quantitative estimate of drug-likeness (QED) is 0.0886. The minimum Gasteiger partial charge on any atom is -0.508 e. The predicted octanol–water partition coefficient (Wildman–Crippen LogP) is 7.79. The zero-order valence-electron chi connectivity index (χ0n) is 27.4. The van der Waals surface area contributed by atoms with Gasteiger partial charge in [0.2, 0.25) is 0 Å². The number of unbranched alkanes of at least 4 members (excludes halogenated alkanes) is 1. The summed E-state index contributed by atoms with van der Waals surface area (Å²) in [7, 11) is 0. The van der Waals surface area contributed by atoms with E-state index in [1.165, 1.54) is 16.9 Å². The Balaban J connectivity index is 1.75. The Morgan fingerprint density at radius 2 is 1.04 bits per heavy atom. The van der Waals surface area contributed by atoms with Gasteiger partial charge in [0, 0.05) is 44.2 Å². The second-order valence-electron chi connectivity index (χ2n) is 11.2. The summed E-state index contributed by atoms with van der Waals surface area (Å²) in [5.41, 5.74) is 5.89. The van der Waals surface area contributed by atoms with Crippen LogP contribution in [-0.4, -0.2) is 56.2 Å². The van der Waals surface area contributed by atoms with E-state index in [2.05, 4.69) is 98.2 Å². The van der Waals surface area contributed by atoms with Crippen molar-refractivity contribution in [3.05, 3.63) is 119 Å². The minimum atomic E-state index is -0.850. The monoisotopic (exact) mass is 610 g/mol. The van der Waals surface area contributed by atoms with Crippen LogP contribution in [0.3, 0.4) is 0 Å². The van der Waals surface area contributed by atoms with Crippen molar-refractivity contribution in [3.8, 4) is 11.5 Å². The number of rotatable bonds is 18. The number of hydrogen-bond acceptors (Lipinski definition) is 6. The second-order valence-corrected chi connectivity index (χ2v) is 11.2. The fraction of sp³-hybridized carbons (Fsp3) is 0.385. The number of nitrogens with zero attached hydrogens (tertiary/aromatic N) is 2. The topological polar surface area (TPSA) is 65.4 Å². The van der Waals surface area contributed by atoms with Crippen LogP contribution in [0.4, 0.5) is 11.4 Å². The molecule has 0 fully saturated rings. The molecule has 0 atom stereocenters. The number of aliphatic hydroxyl groups is 1. The van der Waals surface area contributed by atoms with Gasteiger partial charge >= 0.3 is 0 Å². The number of hydrogen-bond donors (Lipinski definition) is 2. The molecule has 0 spiro atoms. The van der Waals surface area contributed by atoms with Crippen LogP contribution in [0, 0.1) is 0 Å². The Kier molecular flexibility index (Phi) is 12.7. The average Bonchev–Trinajstić information content (AvgIpc) is 3.08. The molecule has 0 bridgehead atoms. The van der Waals surface area contributed by atoms with Crippen LogP contribution in [-0.2, 0) is 16.8 Å². The van der Waals surface area contributed by atoms with E-state index in [1.54, 1.807) is 12.1 Å². The van der Waals surface area contributed by atoms with Gasteiger partial charge in [0.05, 0.1) is 6.61 Å². The summed E-state index contributed by atoms with van der Waals surface area (Å²) in [4.78, 5) is 4.70. The van der Waals surface area contributed by atoms with Gasteiger partial charge in [-0.25, -0.2) is 0 Å². The molecule has 4 aromatic carbocycles. The lowest BCUT2D eigenvalue weighted by atomic mass is 9.79. The van der Waals surface area contributed by atoms with Crippen LogP contribution in [0.25, 0.3) is 0 Å². The molecule has 0 amide bonds. The van der Waals surface area contributed by atoms with Crippen LogP contribution in [0.1, 0.15) is 62.8 Å². The molecule has 240 valence electrons. The third-order valence-electron chi connectivity index (χ3n) is 8.54. The highest BCUT2D eigenvalue weighted by molar-refractivity contribution is 5.56. The lowest BCUT2D eigenvalue weighted by Gasteiger charge is -2.37. The van der Waals surface area contributed by atoms with Crippen LogP contribution < -0.4 is 14.5 Å². The Labute approximate surface area is 269 Å². The van der Waals surface area contributed by atoms with Crippen molar-refractivity contribution >= 4 is 11.4 Å². The van der Waals surface area contributed by atoms with Crippen molar-refractivity contribution in [2.24, 2.45) is 0 Å². The Hall–Kier alpha value is -4.00. The van der Waals surface area contributed by atoms with E-state index in [4.69, 9.17) is 9.47 Å². The molecule has 2 N–H and O–H groups in total. The SMILES string of the molecule is CCN(CC)c1ccc(C(OCCCCc2ccc(O)cc2)(c2ccc(OCCO)cc2)c2ccc(N(CC)CC)cc2)cc1. The zero-order chi connectivity index (χ0) is 32.1. The number of phenolic OH excluding ortho intramolecular Hbond substituents is 1. The molecule has 6 heteroatoms. The standard InChI is InChI=1S/C39H50N2O4/c1-5-40(6-2)35-20-14-32(15-21-35)39(34-18-26-38(27-19-34)44-30-28-42,33-16-22-36(23-17-33)41(7-3)8-4)45-29-10-9-11-31-12-24-37(43)25-13-31/h12-27,42-43H,5-11,28-30H2,1-4H3. The highest BCUT2D eigenvalue weighted by Crippen LogP contribution is 2.42. The Bertz CT molecular complexity index is 1340. The van der Waals surface area contributed by atoms with E-state index < -0.39 is 5.60 Å². The van der Waals surface area contributed by atoms with E-state index in [1.807, 2.05) is 24.3 Å². The van der Waals surface area contributed by atoms with Crippen LogP contribution >= 0.6 is 0 Å². The molecule has 0 saturated heterocycles. The molecule has 4 rings (SSSR count). The van der Waals surface area contributed by atoms with Crippen LogP contribution in [0.15, 0.2) is 97.1 Å². The van der Waals surface area contributed by atoms with E-state index in [0.29, 0.717) is 18.1 Å². The molecule has 0 heterocycles. The molecule has 6 nitrogen and oxygen atoms in total. The lowest BCUT2D eigenvalue weighted by Crippen LogP contribution is -2.34. The van der Waals surface area contributed by atoms with E-state index >= 15 is 0 Å². The molecular formula is C39H50N2O4. The summed E-state index contributed by atoms with van der Waals surface area (Å²) in [6, 6.07) is 33.2. The van der Waals surface area contributed by atoms with Gasteiger partial charge in [-0.15, -0.1) is 0 Å². The average molecular weight is 611 g/mol. The molecule has 0 aliphatic heterocycles. The second kappa shape index (κ2) is 16.9. The zero-order valence-corrected chi connectivity index (χ0v) is 27.4. The van der Waals surface area contributed by atoms with E-state index in [0.717, 1.165) is 62.1 Å². The number of aromatic hydroxyl groups is 1. The van der Waals surface area contributed by atoms with Gasteiger partial charge in [0.1, 0.15) is 23.7 Å². The van der Waals surface area contributed by atoms with Crippen molar-refractivity contribution in [2.75, 3.05) is 55.8 Å². The smallest absolute Gasteiger partial charge is 0.143 e. The summed E-state index contributed by atoms with van der Waals surface area (Å²) in [6.07, 6.45) is 2.77. The summed E-state index contributed by atoms with van der Waals surface area (Å²) < 4.78 is 12.8. The highest BCUT2D eigenvalue weighted by atomic mass is 16.5. The molecular weight excluding hydrogens is 560 g/mol. The van der Waals surface area contributed by atoms with Crippen LogP contribution in [0.5, 0.6) is 11.5 Å². The number of aryl methyl sites for hydroxylation is 1. The largest absolute Gasteiger partial charge is 0.508 e. The minimum absolute atomic E-state index is 0.0310. The molecule has 4 aromatic rings. The maximum Gasteiger partial charge on any atom is 0.143 e. The fourth-order valence-corrected chi connectivity index (χ4v) is 6.01. The molecule has 0 aromatic heterocycles. The van der Waals surface area contributed by atoms with Crippen molar-refractivity contribution in [2.45, 2.75) is 52.6 Å². The lowest BCUT2D eigenvalue weighted by molar-refractivity contribution is 0.0108. The Morgan fingerprint density at radius 3 is 1.49 bits per heavy atom. The first-order valence-electron chi connectivity index (χ1n) is 16.5. The van der Waals surface area contributed by atoms with Crippen molar-refractivity contribution in [3.63, 3.8) is 0 Å². The van der Waals surface area contributed by atoms with Crippen molar-refractivity contribution in [1.29, 1.82) is 0 Å². The predicted molar refractivity (Wildman–Crippen MR) is 186 cm³/mol. The van der Waals surface area contributed by atoms with Crippen LogP contribution in [0.2, 0.25) is 0 Å². The Morgan fingerprint density at radius 1 is 0.578 bits per heavy atom. The summed E-state index contributed by atoms with van der Waals surface area (Å²) in [6.45, 7) is 13.3. The maximum absolute atomic E-state index is 9.65. The van der Waals surface area contributed by atoms with Gasteiger partial charge in [0.15, 0.2) is 0 Å². The molecule has 0 radical (unpaired) electrons. The van der Waals surface area contributed by atoms with Gasteiger partial charge in [-0.05, 0) is 118 Å². The first kappa shape index (κ1) is 33.9. The van der Waals surface area contributed by atoms with Gasteiger partial charge in [-0.3, -0.25) is 0 Å². The summed E-state index contributed by atoms with van der Waals surface area (Å²) in [5.74, 6) is 1.00. The van der Waals surface area contributed by atoms with E-state index in [-0.39, 0.29) is 13.2 Å². The third kappa shape index (κ3) is 8.38. The van der Waals surface area contributed by atoms with Gasteiger partial charge in [0.25, 0.3) is 0 Å². The molecule has 0 aliphatic carbocycles. The molecule has 0 unspecified atom stereocenters. The highest BCUT2D eigenvalue weighted by Gasteiger charge is 2.38. The first-order valence-corrected chi connectivity index (χ1v) is 16.5. The molecule has 0 saturated carbocycles. The molecule has 45 heavy (non-hydrogen) atoms. The number of aliphatic hydroxyl groups excluding tert-OH is 1. The van der Waals surface area contributed by atoms with Crippen molar-refractivity contribution in [1.82, 2.24) is 0 Å². The van der Waals surface area contributed by atoms with Gasteiger partial charge in [-0.2, -0.15) is 0 Å². The summed E-state index contributed by atoms with van der Waals surface area (Å²) >= 11 is 0. The van der Waals surface area contributed by atoms with Gasteiger partial charge in [-0.1, -0.05) is 48.5 Å². The number of benzene rings is 4. The normalized spacial score (nSPS) is 11.4.